The number of nitrogens with zero attached hydrogens (tertiary/aromatic N) is 1. The van der Waals surface area contributed by atoms with Crippen LogP contribution < -0.4 is 0 Å². The van der Waals surface area contributed by atoms with Crippen LogP contribution in [0.3, 0.4) is 0 Å². The molecule has 0 rings (SSSR count). The van der Waals surface area contributed by atoms with E-state index in [-0.39, 0.29) is 0 Å². The monoisotopic (exact) mass is 231 g/mol. The molecular weight excluding hydrogens is 224 g/mol. The molecule has 0 aliphatic rings. The van der Waals surface area contributed by atoms with Crippen molar-refractivity contribution in [3.8, 4) is 0 Å². The third kappa shape index (κ3) is 6.69. The molecule has 0 aromatic carbocycles. The Hall–Kier alpha value is 0.690. The zero-order valence-electron chi connectivity index (χ0n) is 3.90. The van der Waals surface area contributed by atoms with Crippen LogP contribution in [0.25, 0.3) is 0 Å². The fourth-order valence-electron chi connectivity index (χ4n) is 0.189. The van der Waals surface area contributed by atoms with Gasteiger partial charge in [-0.2, -0.15) is 0 Å². The van der Waals surface area contributed by atoms with Gasteiger partial charge in [0.25, 0.3) is 0 Å². The predicted octanol–water partition coefficient (Wildman–Crippen LogP) is 1.73. The molecule has 0 saturated heterocycles. The van der Waals surface area contributed by atoms with Gasteiger partial charge in [0.2, 0.25) is 0 Å². The smallest absolute Gasteiger partial charge is 0.0521 e. The van der Waals surface area contributed by atoms with Gasteiger partial charge in [-0.1, -0.05) is 22.6 Å². The average Bonchev–Trinajstić information content (AvgIpc) is 1.69. The third-order valence-corrected chi connectivity index (χ3v) is 0.975. The van der Waals surface area contributed by atoms with Crippen LogP contribution in [0.1, 0.15) is 0 Å². The van der Waals surface area contributed by atoms with Gasteiger partial charge in [-0.25, -0.2) is 0 Å². The lowest BCUT2D eigenvalue weighted by molar-refractivity contribution is 1.15. The van der Waals surface area contributed by atoms with Crippen LogP contribution in [0.4, 0.5) is 0 Å². The van der Waals surface area contributed by atoms with Gasteiger partial charge in [-0.05, 0) is 0 Å². The summed E-state index contributed by atoms with van der Waals surface area (Å²) in [5.41, 5.74) is 0. The molecule has 0 heterocycles. The standard InChI is InChI=1S/C4H7ClIN/c5-1-3-7-4-2-6/h4H,1-3H2. The summed E-state index contributed by atoms with van der Waals surface area (Å²) in [4.78, 5) is 3.94. The minimum atomic E-state index is 0.632. The van der Waals surface area contributed by atoms with E-state index < -0.39 is 0 Å². The molecule has 0 radical (unpaired) electrons. The SMILES string of the molecule is ClCCN=CCI. The Kier molecular flexibility index (Phi) is 7.35. The van der Waals surface area contributed by atoms with Crippen LogP contribution in [0.15, 0.2) is 4.99 Å². The molecule has 0 aromatic rings. The second-order valence-electron chi connectivity index (χ2n) is 0.932. The quantitative estimate of drug-likeness (QED) is 0.398. The van der Waals surface area contributed by atoms with Gasteiger partial charge in [0.1, 0.15) is 0 Å². The molecule has 0 fully saturated rings. The molecule has 0 amide bonds. The molecule has 0 aromatic heterocycles. The molecule has 0 aliphatic heterocycles. The highest BCUT2D eigenvalue weighted by Crippen LogP contribution is 1.77. The van der Waals surface area contributed by atoms with Crippen molar-refractivity contribution in [2.45, 2.75) is 0 Å². The van der Waals surface area contributed by atoms with Gasteiger partial charge < -0.3 is 0 Å². The van der Waals surface area contributed by atoms with Crippen LogP contribution in [-0.4, -0.2) is 23.1 Å². The van der Waals surface area contributed by atoms with Crippen LogP contribution >= 0.6 is 34.2 Å². The highest BCUT2D eigenvalue weighted by atomic mass is 127. The van der Waals surface area contributed by atoms with E-state index in [1.807, 2.05) is 6.21 Å². The minimum Gasteiger partial charge on any atom is -0.295 e. The van der Waals surface area contributed by atoms with Crippen molar-refractivity contribution in [2.24, 2.45) is 4.99 Å². The molecule has 1 nitrogen and oxygen atoms in total. The topological polar surface area (TPSA) is 12.4 Å². The second-order valence-corrected chi connectivity index (χ2v) is 2.19. The molecule has 0 atom stereocenters. The summed E-state index contributed by atoms with van der Waals surface area (Å²) in [6.45, 7) is 0.755. The highest BCUT2D eigenvalue weighted by molar-refractivity contribution is 14.1. The van der Waals surface area contributed by atoms with E-state index in [0.717, 1.165) is 11.0 Å². The van der Waals surface area contributed by atoms with Crippen molar-refractivity contribution >= 4 is 40.4 Å². The first-order chi connectivity index (χ1) is 3.41. The first-order valence-electron chi connectivity index (χ1n) is 2.02. The maximum absolute atomic E-state index is 5.32. The Balaban J connectivity index is 2.78. The van der Waals surface area contributed by atoms with Crippen molar-refractivity contribution in [3.63, 3.8) is 0 Å². The fraction of sp³-hybridized carbons (Fsp3) is 0.750. The van der Waals surface area contributed by atoms with E-state index >= 15 is 0 Å². The van der Waals surface area contributed by atoms with E-state index in [2.05, 4.69) is 27.6 Å². The van der Waals surface area contributed by atoms with Gasteiger partial charge in [0.05, 0.1) is 6.54 Å². The van der Waals surface area contributed by atoms with Crippen LogP contribution in [-0.2, 0) is 0 Å². The zero-order chi connectivity index (χ0) is 5.54. The molecule has 0 N–H and O–H groups in total. The summed E-state index contributed by atoms with van der Waals surface area (Å²) >= 11 is 7.56. The largest absolute Gasteiger partial charge is 0.295 e. The third-order valence-electron chi connectivity index (χ3n) is 0.412. The number of alkyl halides is 2. The number of aliphatic imine (C=N–C) groups is 1. The Morgan fingerprint density at radius 2 is 2.43 bits per heavy atom. The predicted molar refractivity (Wildman–Crippen MR) is 43.0 cm³/mol. The molecule has 42 valence electrons. The summed E-state index contributed by atoms with van der Waals surface area (Å²) in [5.74, 6) is 0.632. The Bertz CT molecular complexity index is 55.7. The molecule has 7 heavy (non-hydrogen) atoms. The van der Waals surface area contributed by atoms with Crippen molar-refractivity contribution in [1.29, 1.82) is 0 Å². The lowest BCUT2D eigenvalue weighted by Crippen LogP contribution is -1.81. The van der Waals surface area contributed by atoms with Gasteiger partial charge in [-0.15, -0.1) is 11.6 Å². The van der Waals surface area contributed by atoms with Gasteiger partial charge in [0.15, 0.2) is 0 Å². The number of halogens is 2. The summed E-state index contributed by atoms with van der Waals surface area (Å²) < 4.78 is 0.981. The van der Waals surface area contributed by atoms with Gasteiger partial charge >= 0.3 is 0 Å². The first-order valence-corrected chi connectivity index (χ1v) is 4.08. The van der Waals surface area contributed by atoms with E-state index in [1.165, 1.54) is 0 Å². The van der Waals surface area contributed by atoms with Crippen LogP contribution in [0, 0.1) is 0 Å². The van der Waals surface area contributed by atoms with E-state index in [0.29, 0.717) is 5.88 Å². The maximum Gasteiger partial charge on any atom is 0.0521 e. The number of hydrogen-bond acceptors (Lipinski definition) is 1. The van der Waals surface area contributed by atoms with Crippen molar-refractivity contribution in [3.05, 3.63) is 0 Å². The second kappa shape index (κ2) is 6.69. The molecular formula is C4H7ClIN. The summed E-state index contributed by atoms with van der Waals surface area (Å²) in [5, 5.41) is 0. The summed E-state index contributed by atoms with van der Waals surface area (Å²) in [6, 6.07) is 0. The molecule has 3 heteroatoms. The van der Waals surface area contributed by atoms with E-state index in [1.54, 1.807) is 0 Å². The maximum atomic E-state index is 5.32. The van der Waals surface area contributed by atoms with Crippen molar-refractivity contribution < 1.29 is 0 Å². The van der Waals surface area contributed by atoms with Crippen molar-refractivity contribution in [1.82, 2.24) is 0 Å². The molecule has 0 spiro atoms. The first kappa shape index (κ1) is 7.69. The average molecular weight is 231 g/mol. The normalized spacial score (nSPS) is 10.6. The Morgan fingerprint density at radius 3 is 2.86 bits per heavy atom. The number of hydrogen-bond donors (Lipinski definition) is 0. The molecule has 0 bridgehead atoms. The van der Waals surface area contributed by atoms with Gasteiger partial charge in [0, 0.05) is 16.5 Å². The number of rotatable bonds is 3. The van der Waals surface area contributed by atoms with Gasteiger partial charge in [-0.3, -0.25) is 4.99 Å². The minimum absolute atomic E-state index is 0.632. The van der Waals surface area contributed by atoms with Crippen LogP contribution in [0.2, 0.25) is 0 Å². The summed E-state index contributed by atoms with van der Waals surface area (Å²) in [6.07, 6.45) is 1.86. The van der Waals surface area contributed by atoms with Crippen LogP contribution in [0.5, 0.6) is 0 Å². The molecule has 0 saturated carbocycles. The van der Waals surface area contributed by atoms with E-state index in [4.69, 9.17) is 11.6 Å². The lowest BCUT2D eigenvalue weighted by Gasteiger charge is -1.78. The zero-order valence-corrected chi connectivity index (χ0v) is 6.82. The highest BCUT2D eigenvalue weighted by Gasteiger charge is 1.70. The Labute approximate surface area is 62.3 Å². The van der Waals surface area contributed by atoms with E-state index in [9.17, 15) is 0 Å². The molecule has 0 aliphatic carbocycles. The lowest BCUT2D eigenvalue weighted by atomic mass is 10.7. The van der Waals surface area contributed by atoms with Crippen molar-refractivity contribution in [2.75, 3.05) is 16.9 Å². The Morgan fingerprint density at radius 1 is 1.71 bits per heavy atom. The molecule has 0 unspecified atom stereocenters. The fourth-order valence-corrected chi connectivity index (χ4v) is 0.565. The summed E-state index contributed by atoms with van der Waals surface area (Å²) in [7, 11) is 0.